The zero-order chi connectivity index (χ0) is 19.9. The van der Waals surface area contributed by atoms with Gasteiger partial charge >= 0.3 is 21.3 Å². The van der Waals surface area contributed by atoms with Crippen LogP contribution in [0, 0.1) is 0 Å². The molecule has 2 rings (SSSR count). The molecule has 0 bridgehead atoms. The SMILES string of the molecule is C[C@@]1(O)[C@H](O)[C@@H](COP(=O)(O)OP(=O)(O)O)O[C@H]1n1ccc(=O)[nH]c1=O. The molecule has 16 heteroatoms. The highest BCUT2D eigenvalue weighted by Crippen LogP contribution is 2.57. The number of ether oxygens (including phenoxy) is 1. The molecule has 2 heterocycles. The topological polar surface area (TPSA) is 218 Å². The van der Waals surface area contributed by atoms with Gasteiger partial charge in [0.1, 0.15) is 17.8 Å². The molecule has 148 valence electrons. The second-order valence-electron chi connectivity index (χ2n) is 5.55. The molecule has 1 aliphatic rings. The van der Waals surface area contributed by atoms with E-state index < -0.39 is 57.5 Å². The molecular formula is C10H16N2O12P2. The van der Waals surface area contributed by atoms with Crippen LogP contribution < -0.4 is 11.2 Å². The summed E-state index contributed by atoms with van der Waals surface area (Å²) < 4.78 is 36.0. The molecular weight excluding hydrogens is 402 g/mol. The molecule has 26 heavy (non-hydrogen) atoms. The van der Waals surface area contributed by atoms with Crippen LogP contribution in [0.4, 0.5) is 0 Å². The van der Waals surface area contributed by atoms with Crippen molar-refractivity contribution in [2.24, 2.45) is 0 Å². The van der Waals surface area contributed by atoms with Gasteiger partial charge in [0, 0.05) is 12.3 Å². The summed E-state index contributed by atoms with van der Waals surface area (Å²) in [6.07, 6.45) is -3.71. The average Bonchev–Trinajstić information content (AvgIpc) is 2.66. The summed E-state index contributed by atoms with van der Waals surface area (Å²) in [6, 6.07) is 0.965. The van der Waals surface area contributed by atoms with Gasteiger partial charge in [0.25, 0.3) is 5.56 Å². The molecule has 1 aromatic rings. The van der Waals surface area contributed by atoms with E-state index in [1.165, 1.54) is 0 Å². The third-order valence-electron chi connectivity index (χ3n) is 3.47. The summed E-state index contributed by atoms with van der Waals surface area (Å²) in [5.41, 5.74) is -3.74. The molecule has 1 unspecified atom stereocenters. The number of hydrogen-bond acceptors (Lipinski definition) is 9. The van der Waals surface area contributed by atoms with Crippen molar-refractivity contribution in [2.75, 3.05) is 6.61 Å². The van der Waals surface area contributed by atoms with E-state index in [0.717, 1.165) is 23.8 Å². The van der Waals surface area contributed by atoms with Crippen molar-refractivity contribution in [3.8, 4) is 0 Å². The minimum atomic E-state index is -5.33. The Morgan fingerprint density at radius 1 is 1.35 bits per heavy atom. The highest BCUT2D eigenvalue weighted by molar-refractivity contribution is 7.60. The number of phosphoric ester groups is 1. The van der Waals surface area contributed by atoms with Gasteiger partial charge in [-0.2, -0.15) is 4.31 Å². The predicted molar refractivity (Wildman–Crippen MR) is 80.8 cm³/mol. The maximum atomic E-state index is 11.8. The van der Waals surface area contributed by atoms with Crippen LogP contribution in [-0.4, -0.2) is 58.9 Å². The van der Waals surface area contributed by atoms with Gasteiger partial charge in [-0.05, 0) is 6.92 Å². The van der Waals surface area contributed by atoms with Crippen molar-refractivity contribution in [3.63, 3.8) is 0 Å². The second kappa shape index (κ2) is 7.09. The Morgan fingerprint density at radius 2 is 1.96 bits per heavy atom. The molecule has 5 atom stereocenters. The van der Waals surface area contributed by atoms with Crippen molar-refractivity contribution in [1.29, 1.82) is 0 Å². The normalized spacial score (nSPS) is 31.7. The minimum absolute atomic E-state index is 0.708. The molecule has 1 saturated heterocycles. The minimum Gasteiger partial charge on any atom is -0.387 e. The largest absolute Gasteiger partial charge is 0.481 e. The Kier molecular flexibility index (Phi) is 5.76. The zero-order valence-electron chi connectivity index (χ0n) is 13.0. The standard InChI is InChI=1S/C10H16N2O12P2/c1-10(16)7(14)5(4-22-26(20,21)24-25(17,18)19)23-8(10)12-3-2-6(13)11-9(12)15/h2-3,5,7-8,14,16H,4H2,1H3,(H,20,21)(H,11,13,15)(H2,17,18,19)/t5-,7-,8-,10-/m1/s1. The summed E-state index contributed by atoms with van der Waals surface area (Å²) in [4.78, 5) is 51.1. The van der Waals surface area contributed by atoms with Crippen molar-refractivity contribution in [1.82, 2.24) is 9.55 Å². The lowest BCUT2D eigenvalue weighted by Gasteiger charge is -2.27. The summed E-state index contributed by atoms with van der Waals surface area (Å²) in [5.74, 6) is 0. The average molecular weight is 418 g/mol. The number of aromatic nitrogens is 2. The Hall–Kier alpha value is -1.18. The number of phosphoric acid groups is 2. The van der Waals surface area contributed by atoms with Crippen molar-refractivity contribution < 1.29 is 47.6 Å². The fourth-order valence-electron chi connectivity index (χ4n) is 2.32. The third kappa shape index (κ3) is 4.75. The number of aliphatic hydroxyl groups is 2. The van der Waals surface area contributed by atoms with Crippen LogP contribution in [0.1, 0.15) is 13.2 Å². The van der Waals surface area contributed by atoms with Crippen LogP contribution in [0.3, 0.4) is 0 Å². The van der Waals surface area contributed by atoms with E-state index in [0.29, 0.717) is 0 Å². The van der Waals surface area contributed by atoms with E-state index in [1.807, 2.05) is 4.98 Å². The Bertz CT molecular complexity index is 871. The van der Waals surface area contributed by atoms with Gasteiger partial charge in [-0.25, -0.2) is 13.9 Å². The summed E-state index contributed by atoms with van der Waals surface area (Å²) in [6.45, 7) is 0.185. The first-order chi connectivity index (χ1) is 11.7. The number of hydrogen-bond donors (Lipinski definition) is 6. The molecule has 6 N–H and O–H groups in total. The van der Waals surface area contributed by atoms with Crippen molar-refractivity contribution in [2.45, 2.75) is 31.0 Å². The lowest BCUT2D eigenvalue weighted by atomic mass is 9.96. The van der Waals surface area contributed by atoms with Gasteiger partial charge in [0.2, 0.25) is 0 Å². The smallest absolute Gasteiger partial charge is 0.387 e. The lowest BCUT2D eigenvalue weighted by molar-refractivity contribution is -0.0986. The first-order valence-corrected chi connectivity index (χ1v) is 9.87. The lowest BCUT2D eigenvalue weighted by Crippen LogP contribution is -2.46. The first kappa shape index (κ1) is 21.1. The molecule has 0 aliphatic carbocycles. The fourth-order valence-corrected chi connectivity index (χ4v) is 3.91. The van der Waals surface area contributed by atoms with E-state index in [-0.39, 0.29) is 0 Å². The number of aromatic amines is 1. The Balaban J connectivity index is 2.18. The first-order valence-electron chi connectivity index (χ1n) is 6.84. The van der Waals surface area contributed by atoms with Gasteiger partial charge in [-0.1, -0.05) is 0 Å². The van der Waals surface area contributed by atoms with Crippen LogP contribution in [0.15, 0.2) is 21.9 Å². The molecule has 0 spiro atoms. The summed E-state index contributed by atoms with van der Waals surface area (Å²) in [7, 11) is -10.5. The number of H-pyrrole nitrogens is 1. The molecule has 14 nitrogen and oxygen atoms in total. The van der Waals surface area contributed by atoms with Gasteiger partial charge in [0.15, 0.2) is 6.23 Å². The molecule has 0 saturated carbocycles. The van der Waals surface area contributed by atoms with E-state index in [9.17, 15) is 33.8 Å². The molecule has 0 aromatic carbocycles. The van der Waals surface area contributed by atoms with Gasteiger partial charge in [0.05, 0.1) is 6.61 Å². The van der Waals surface area contributed by atoms with Crippen molar-refractivity contribution >= 4 is 15.6 Å². The van der Waals surface area contributed by atoms with E-state index in [1.54, 1.807) is 0 Å². The number of rotatable bonds is 6. The Labute approximate surface area is 144 Å². The third-order valence-corrected chi connectivity index (χ3v) is 5.62. The molecule has 1 aromatic heterocycles. The number of nitrogens with zero attached hydrogens (tertiary/aromatic N) is 1. The van der Waals surface area contributed by atoms with Crippen LogP contribution >= 0.6 is 15.6 Å². The Morgan fingerprint density at radius 3 is 2.50 bits per heavy atom. The van der Waals surface area contributed by atoms with E-state index >= 15 is 0 Å². The van der Waals surface area contributed by atoms with Gasteiger partial charge < -0.3 is 29.6 Å². The van der Waals surface area contributed by atoms with Gasteiger partial charge in [-0.3, -0.25) is 18.9 Å². The highest BCUT2D eigenvalue weighted by Gasteiger charge is 2.54. The van der Waals surface area contributed by atoms with Crippen molar-refractivity contribution in [3.05, 3.63) is 33.1 Å². The maximum absolute atomic E-state index is 11.8. The predicted octanol–water partition coefficient (Wildman–Crippen LogP) is -2.23. The van der Waals surface area contributed by atoms with Crippen LogP contribution in [0.25, 0.3) is 0 Å². The maximum Gasteiger partial charge on any atom is 0.481 e. The highest BCUT2D eigenvalue weighted by atomic mass is 31.3. The van der Waals surface area contributed by atoms with E-state index in [4.69, 9.17) is 14.5 Å². The summed E-state index contributed by atoms with van der Waals surface area (Å²) in [5, 5.41) is 20.5. The quantitative estimate of drug-likeness (QED) is 0.271. The molecule has 1 aliphatic heterocycles. The van der Waals surface area contributed by atoms with Gasteiger partial charge in [-0.15, -0.1) is 0 Å². The monoisotopic (exact) mass is 418 g/mol. The van der Waals surface area contributed by atoms with Crippen LogP contribution in [0.2, 0.25) is 0 Å². The van der Waals surface area contributed by atoms with Crippen LogP contribution in [-0.2, 0) is 22.7 Å². The zero-order valence-corrected chi connectivity index (χ0v) is 14.8. The molecule has 0 radical (unpaired) electrons. The summed E-state index contributed by atoms with van der Waals surface area (Å²) >= 11 is 0. The fraction of sp³-hybridized carbons (Fsp3) is 0.600. The number of nitrogens with one attached hydrogen (secondary N) is 1. The second-order valence-corrected chi connectivity index (χ2v) is 8.38. The van der Waals surface area contributed by atoms with E-state index in [2.05, 4.69) is 8.83 Å². The number of aliphatic hydroxyl groups excluding tert-OH is 1. The van der Waals surface area contributed by atoms with Crippen LogP contribution in [0.5, 0.6) is 0 Å². The molecule has 1 fully saturated rings. The molecule has 0 amide bonds.